The summed E-state index contributed by atoms with van der Waals surface area (Å²) in [6.45, 7) is 0. The molecule has 24 heavy (non-hydrogen) atoms. The van der Waals surface area contributed by atoms with Gasteiger partial charge < -0.3 is 0 Å². The first-order chi connectivity index (χ1) is 11.8. The van der Waals surface area contributed by atoms with E-state index in [4.69, 9.17) is 0 Å². The second-order valence-corrected chi connectivity index (χ2v) is 6.29. The van der Waals surface area contributed by atoms with Crippen molar-refractivity contribution in [3.05, 3.63) is 82.4 Å². The van der Waals surface area contributed by atoms with E-state index in [1.807, 2.05) is 30.4 Å². The fourth-order valence-electron chi connectivity index (χ4n) is 2.37. The summed E-state index contributed by atoms with van der Waals surface area (Å²) < 4.78 is 14.7. The number of benzene rings is 2. The first kappa shape index (κ1) is 14.7. The SMILES string of the molecule is Fc1ccc(C=Cc2nn3c(Cc4ccccc4)nnc3s2)cc1. The highest BCUT2D eigenvalue weighted by atomic mass is 32.1. The van der Waals surface area contributed by atoms with Gasteiger partial charge >= 0.3 is 0 Å². The van der Waals surface area contributed by atoms with Gasteiger partial charge in [-0.1, -0.05) is 59.9 Å². The molecule has 4 aromatic rings. The molecule has 0 N–H and O–H groups in total. The monoisotopic (exact) mass is 336 g/mol. The Morgan fingerprint density at radius 2 is 1.75 bits per heavy atom. The molecule has 118 valence electrons. The molecule has 2 aromatic carbocycles. The zero-order valence-corrected chi connectivity index (χ0v) is 13.4. The number of halogens is 1. The average molecular weight is 336 g/mol. The molecular weight excluding hydrogens is 323 g/mol. The predicted molar refractivity (Wildman–Crippen MR) is 93.2 cm³/mol. The van der Waals surface area contributed by atoms with Crippen LogP contribution < -0.4 is 0 Å². The standard InChI is InChI=1S/C18H13FN4S/c19-15-9-6-13(7-10-15)8-11-17-22-23-16(20-21-18(23)24-17)12-14-4-2-1-3-5-14/h1-11H,12H2. The summed E-state index contributed by atoms with van der Waals surface area (Å²) in [6, 6.07) is 16.5. The molecule has 0 spiro atoms. The van der Waals surface area contributed by atoms with Gasteiger partial charge in [0.25, 0.3) is 0 Å². The third-order valence-corrected chi connectivity index (χ3v) is 4.43. The van der Waals surface area contributed by atoms with E-state index in [9.17, 15) is 4.39 Å². The summed E-state index contributed by atoms with van der Waals surface area (Å²) in [5, 5.41) is 13.8. The molecule has 4 rings (SSSR count). The maximum Gasteiger partial charge on any atom is 0.234 e. The van der Waals surface area contributed by atoms with E-state index >= 15 is 0 Å². The molecule has 4 nitrogen and oxygen atoms in total. The highest BCUT2D eigenvalue weighted by Gasteiger charge is 2.10. The summed E-state index contributed by atoms with van der Waals surface area (Å²) in [4.78, 5) is 0.764. The molecule has 0 atom stereocenters. The number of nitrogens with zero attached hydrogens (tertiary/aromatic N) is 4. The fourth-order valence-corrected chi connectivity index (χ4v) is 3.13. The number of fused-ring (bicyclic) bond motifs is 1. The molecule has 2 aromatic heterocycles. The minimum Gasteiger partial charge on any atom is -0.207 e. The van der Waals surface area contributed by atoms with Gasteiger partial charge in [-0.25, -0.2) is 4.39 Å². The van der Waals surface area contributed by atoms with Crippen LogP contribution in [0.25, 0.3) is 17.1 Å². The van der Waals surface area contributed by atoms with Gasteiger partial charge in [-0.15, -0.1) is 10.2 Å². The highest BCUT2D eigenvalue weighted by Crippen LogP contribution is 2.18. The van der Waals surface area contributed by atoms with E-state index in [0.29, 0.717) is 6.42 Å². The summed E-state index contributed by atoms with van der Waals surface area (Å²) in [5.74, 6) is 0.574. The quantitative estimate of drug-likeness (QED) is 0.564. The molecular formula is C18H13FN4S. The summed E-state index contributed by atoms with van der Waals surface area (Å²) in [7, 11) is 0. The largest absolute Gasteiger partial charge is 0.234 e. The highest BCUT2D eigenvalue weighted by molar-refractivity contribution is 7.17. The van der Waals surface area contributed by atoms with Crippen molar-refractivity contribution in [2.45, 2.75) is 6.42 Å². The summed E-state index contributed by atoms with van der Waals surface area (Å²) >= 11 is 1.47. The van der Waals surface area contributed by atoms with Crippen molar-refractivity contribution in [2.24, 2.45) is 0 Å². The maximum absolute atomic E-state index is 12.9. The third-order valence-electron chi connectivity index (χ3n) is 3.56. The van der Waals surface area contributed by atoms with Crippen LogP contribution in [0.4, 0.5) is 4.39 Å². The minimum absolute atomic E-state index is 0.239. The van der Waals surface area contributed by atoms with Crippen molar-refractivity contribution >= 4 is 28.4 Å². The van der Waals surface area contributed by atoms with Crippen molar-refractivity contribution in [1.82, 2.24) is 19.8 Å². The van der Waals surface area contributed by atoms with Crippen molar-refractivity contribution < 1.29 is 4.39 Å². The van der Waals surface area contributed by atoms with Crippen LogP contribution in [0.2, 0.25) is 0 Å². The number of aromatic nitrogens is 4. The molecule has 0 bridgehead atoms. The fraction of sp³-hybridized carbons (Fsp3) is 0.0556. The molecule has 0 aliphatic heterocycles. The van der Waals surface area contributed by atoms with Crippen LogP contribution in [0.1, 0.15) is 22.0 Å². The average Bonchev–Trinajstić information content (AvgIpc) is 3.17. The molecule has 0 aliphatic carbocycles. The van der Waals surface area contributed by atoms with Crippen LogP contribution in [-0.4, -0.2) is 19.8 Å². The Morgan fingerprint density at radius 1 is 0.958 bits per heavy atom. The van der Waals surface area contributed by atoms with Gasteiger partial charge in [0.15, 0.2) is 5.82 Å². The van der Waals surface area contributed by atoms with Gasteiger partial charge in [0.1, 0.15) is 10.8 Å². The van der Waals surface area contributed by atoms with Crippen LogP contribution >= 0.6 is 11.3 Å². The van der Waals surface area contributed by atoms with Gasteiger partial charge in [0, 0.05) is 6.42 Å². The Labute approximate surface area is 141 Å². The van der Waals surface area contributed by atoms with Crippen LogP contribution in [0, 0.1) is 5.82 Å². The number of rotatable bonds is 4. The van der Waals surface area contributed by atoms with Crippen LogP contribution in [0.15, 0.2) is 54.6 Å². The Morgan fingerprint density at radius 3 is 2.54 bits per heavy atom. The van der Waals surface area contributed by atoms with Gasteiger partial charge in [0.05, 0.1) is 0 Å². The molecule has 6 heteroatoms. The molecule has 0 saturated carbocycles. The normalized spacial score (nSPS) is 11.5. The predicted octanol–water partition coefficient (Wildman–Crippen LogP) is 4.09. The van der Waals surface area contributed by atoms with Crippen LogP contribution in [-0.2, 0) is 6.42 Å². The van der Waals surface area contributed by atoms with Crippen molar-refractivity contribution in [3.8, 4) is 0 Å². The Bertz CT molecular complexity index is 987. The van der Waals surface area contributed by atoms with Crippen LogP contribution in [0.3, 0.4) is 0 Å². The zero-order chi connectivity index (χ0) is 16.4. The molecule has 0 amide bonds. The molecule has 0 aliphatic rings. The molecule has 0 saturated heterocycles. The zero-order valence-electron chi connectivity index (χ0n) is 12.6. The van der Waals surface area contributed by atoms with Crippen LogP contribution in [0.5, 0.6) is 0 Å². The number of hydrogen-bond acceptors (Lipinski definition) is 4. The molecule has 0 unspecified atom stereocenters. The Kier molecular flexibility index (Phi) is 3.88. The summed E-state index contributed by atoms with van der Waals surface area (Å²) in [6.07, 6.45) is 4.49. The topological polar surface area (TPSA) is 43.1 Å². The van der Waals surface area contributed by atoms with Gasteiger partial charge in [-0.2, -0.15) is 9.61 Å². The first-order valence-electron chi connectivity index (χ1n) is 7.47. The van der Waals surface area contributed by atoms with Crippen molar-refractivity contribution in [3.63, 3.8) is 0 Å². The van der Waals surface area contributed by atoms with E-state index in [-0.39, 0.29) is 5.82 Å². The second kappa shape index (κ2) is 6.33. The van der Waals surface area contributed by atoms with E-state index in [1.165, 1.54) is 29.0 Å². The second-order valence-electron chi connectivity index (χ2n) is 5.30. The lowest BCUT2D eigenvalue weighted by atomic mass is 10.1. The first-order valence-corrected chi connectivity index (χ1v) is 8.28. The molecule has 0 fully saturated rings. The van der Waals surface area contributed by atoms with Crippen molar-refractivity contribution in [1.29, 1.82) is 0 Å². The van der Waals surface area contributed by atoms with E-state index < -0.39 is 0 Å². The molecule has 2 heterocycles. The van der Waals surface area contributed by atoms with E-state index in [2.05, 4.69) is 27.4 Å². The lowest BCUT2D eigenvalue weighted by molar-refractivity contribution is 0.628. The third kappa shape index (κ3) is 3.09. The van der Waals surface area contributed by atoms with Gasteiger partial charge in [0.2, 0.25) is 4.96 Å². The summed E-state index contributed by atoms with van der Waals surface area (Å²) in [5.41, 5.74) is 2.09. The van der Waals surface area contributed by atoms with Gasteiger partial charge in [-0.05, 0) is 29.3 Å². The van der Waals surface area contributed by atoms with E-state index in [1.54, 1.807) is 16.6 Å². The van der Waals surface area contributed by atoms with Gasteiger partial charge in [-0.3, -0.25) is 0 Å². The smallest absolute Gasteiger partial charge is 0.207 e. The lowest BCUT2D eigenvalue weighted by Crippen LogP contribution is -1.97. The lowest BCUT2D eigenvalue weighted by Gasteiger charge is -1.97. The maximum atomic E-state index is 12.9. The minimum atomic E-state index is -0.239. The Hall–Kier alpha value is -2.86. The van der Waals surface area contributed by atoms with E-state index in [0.717, 1.165) is 21.4 Å². The number of hydrogen-bond donors (Lipinski definition) is 0. The molecule has 0 radical (unpaired) electrons. The Balaban J connectivity index is 1.58. The van der Waals surface area contributed by atoms with Crippen molar-refractivity contribution in [2.75, 3.05) is 0 Å².